The number of para-hydroxylation sites is 2. The molecule has 7 heterocycles. The van der Waals surface area contributed by atoms with E-state index in [1.807, 2.05) is 105 Å². The van der Waals surface area contributed by atoms with Crippen molar-refractivity contribution in [3.63, 3.8) is 0 Å². The highest BCUT2D eigenvalue weighted by molar-refractivity contribution is 6.10. The summed E-state index contributed by atoms with van der Waals surface area (Å²) in [6, 6.07) is 27.5. The monoisotopic (exact) mass is 1000 g/mol. The minimum absolute atomic E-state index is 0.161. The topological polar surface area (TPSA) is 200 Å². The van der Waals surface area contributed by atoms with Crippen LogP contribution in [-0.4, -0.2) is 168 Å². The number of hydrogen-bond donors (Lipinski definition) is 4. The first-order chi connectivity index (χ1) is 36.0. The van der Waals surface area contributed by atoms with Gasteiger partial charge in [0.25, 0.3) is 17.7 Å². The molecule has 20 heteroatoms. The number of benzene rings is 2. The van der Waals surface area contributed by atoms with Crippen LogP contribution in [0.1, 0.15) is 36.9 Å². The number of carbonyl (C=O) groups is 4. The van der Waals surface area contributed by atoms with Crippen LogP contribution < -0.4 is 50.5 Å². The summed E-state index contributed by atoms with van der Waals surface area (Å²) in [5.74, 6) is 0.852. The molecule has 2 fully saturated rings. The van der Waals surface area contributed by atoms with E-state index in [4.69, 9.17) is 4.74 Å². The Morgan fingerprint density at radius 1 is 0.676 bits per heavy atom. The number of fused-ring (bicyclic) bond motifs is 1. The Labute approximate surface area is 432 Å². The number of amides is 4. The zero-order valence-electron chi connectivity index (χ0n) is 42.7. The highest BCUT2D eigenvalue weighted by atomic mass is 16.5. The highest BCUT2D eigenvalue weighted by Crippen LogP contribution is 2.34. The lowest BCUT2D eigenvalue weighted by Gasteiger charge is -2.30. The molecule has 74 heavy (non-hydrogen) atoms. The lowest BCUT2D eigenvalue weighted by molar-refractivity contribution is -0.107. The predicted octanol–water partition coefficient (Wildman–Crippen LogP) is 4.67. The maximum absolute atomic E-state index is 13.2. The molecule has 20 nitrogen and oxygen atoms in total. The standard InChI is InChI=1S/C27H34N8O2.C27H31N7O3/c1-32(2)17-18-35(20-36)25-9-5-4-8-24(25)33(3)26-10-6-7-21(30-26)27(37)31-22-19-29-12-11-23(22)34-15-13-28-14-16-34;1-32(2)14-15-37-20-7-6-19-18-34(27(36)21(19)16-20)25-5-3-4-22(30-25)26(35)31-23-17-29-9-8-24(23)33-12-10-28-11-13-33/h4-12,19-20,28H,13-18H2,1-3H3,(H,31,37);3-9,16-17,28H,10-15,18H2,1-2H3,(H,31,35). The van der Waals surface area contributed by atoms with Gasteiger partial charge in [-0.15, -0.1) is 0 Å². The maximum Gasteiger partial charge on any atom is 0.274 e. The van der Waals surface area contributed by atoms with Gasteiger partial charge < -0.3 is 55.4 Å². The lowest BCUT2D eigenvalue weighted by atomic mass is 10.1. The normalized spacial score (nSPS) is 14.3. The van der Waals surface area contributed by atoms with Gasteiger partial charge in [0.2, 0.25) is 6.41 Å². The van der Waals surface area contributed by atoms with Crippen molar-refractivity contribution in [2.75, 3.05) is 149 Å². The fourth-order valence-electron chi connectivity index (χ4n) is 8.69. The summed E-state index contributed by atoms with van der Waals surface area (Å²) in [6.45, 7) is 9.96. The second-order valence-corrected chi connectivity index (χ2v) is 18.4. The Morgan fingerprint density at radius 3 is 1.85 bits per heavy atom. The molecule has 0 bridgehead atoms. The van der Waals surface area contributed by atoms with Crippen LogP contribution in [0.5, 0.6) is 5.75 Å². The van der Waals surface area contributed by atoms with Crippen LogP contribution in [0.3, 0.4) is 0 Å². The third-order valence-corrected chi connectivity index (χ3v) is 12.7. The Kier molecular flexibility index (Phi) is 17.7. The van der Waals surface area contributed by atoms with Gasteiger partial charge in [0, 0.05) is 97.0 Å². The molecule has 0 atom stereocenters. The predicted molar refractivity (Wildman–Crippen MR) is 290 cm³/mol. The zero-order chi connectivity index (χ0) is 52.0. The second-order valence-electron chi connectivity index (χ2n) is 18.4. The van der Waals surface area contributed by atoms with E-state index < -0.39 is 0 Å². The third kappa shape index (κ3) is 13.1. The van der Waals surface area contributed by atoms with Gasteiger partial charge in [-0.05, 0) is 94.4 Å². The summed E-state index contributed by atoms with van der Waals surface area (Å²) >= 11 is 0. The van der Waals surface area contributed by atoms with Gasteiger partial charge in [-0.3, -0.25) is 34.0 Å². The molecule has 0 spiro atoms. The van der Waals surface area contributed by atoms with Gasteiger partial charge in [0.05, 0.1) is 53.1 Å². The van der Waals surface area contributed by atoms with Crippen molar-refractivity contribution in [3.05, 3.63) is 138 Å². The van der Waals surface area contributed by atoms with Crippen molar-refractivity contribution in [1.82, 2.24) is 40.4 Å². The molecular formula is C54H65N15O5. The molecule has 0 aliphatic carbocycles. The average Bonchev–Trinajstić information content (AvgIpc) is 3.76. The first-order valence-electron chi connectivity index (χ1n) is 24.7. The summed E-state index contributed by atoms with van der Waals surface area (Å²) in [4.78, 5) is 82.7. The van der Waals surface area contributed by atoms with E-state index >= 15 is 0 Å². The number of rotatable bonds is 18. The third-order valence-electron chi connectivity index (χ3n) is 12.7. The van der Waals surface area contributed by atoms with E-state index in [1.165, 1.54) is 0 Å². The van der Waals surface area contributed by atoms with Crippen LogP contribution in [-0.2, 0) is 11.3 Å². The first-order valence-corrected chi connectivity index (χ1v) is 24.7. The highest BCUT2D eigenvalue weighted by Gasteiger charge is 2.31. The van der Waals surface area contributed by atoms with Crippen molar-refractivity contribution in [3.8, 4) is 5.75 Å². The number of nitrogens with zero attached hydrogens (tertiary/aromatic N) is 11. The fraction of sp³-hybridized carbons (Fsp3) is 0.333. The SMILES string of the molecule is CN(C)CCN(C=O)c1ccccc1N(C)c1cccc(C(=O)Nc2cnccc2N2CCNCC2)n1.CN(C)CCOc1ccc2c(c1)C(=O)N(c1cccc(C(=O)Nc3cnccc3N3CCNCC3)n1)C2. The average molecular weight is 1000 g/mol. The molecule has 0 unspecified atom stereocenters. The van der Waals surface area contributed by atoms with E-state index in [0.717, 1.165) is 100 Å². The summed E-state index contributed by atoms with van der Waals surface area (Å²) < 4.78 is 5.80. The number of aromatic nitrogens is 4. The molecule has 3 aliphatic heterocycles. The quantitative estimate of drug-likeness (QED) is 0.0866. The first kappa shape index (κ1) is 52.3. The van der Waals surface area contributed by atoms with E-state index in [9.17, 15) is 19.2 Å². The molecule has 9 rings (SSSR count). The minimum Gasteiger partial charge on any atom is -0.492 e. The molecule has 4 N–H and O–H groups in total. The van der Waals surface area contributed by atoms with Crippen molar-refractivity contribution in [1.29, 1.82) is 0 Å². The molecule has 0 radical (unpaired) electrons. The van der Waals surface area contributed by atoms with Crippen LogP contribution in [0, 0.1) is 0 Å². The molecule has 6 aromatic rings. The van der Waals surface area contributed by atoms with Crippen LogP contribution >= 0.6 is 0 Å². The zero-order valence-corrected chi connectivity index (χ0v) is 42.7. The van der Waals surface area contributed by atoms with E-state index in [-0.39, 0.29) is 29.1 Å². The summed E-state index contributed by atoms with van der Waals surface area (Å²) in [7, 11) is 9.79. The van der Waals surface area contributed by atoms with Gasteiger partial charge >= 0.3 is 0 Å². The molecule has 4 amide bonds. The second kappa shape index (κ2) is 25.1. The summed E-state index contributed by atoms with van der Waals surface area (Å²) in [5.41, 5.74) is 6.75. The van der Waals surface area contributed by atoms with Crippen molar-refractivity contribution < 1.29 is 23.9 Å². The Balaban J connectivity index is 0.000000197. The number of pyridine rings is 4. The minimum atomic E-state index is -0.355. The molecule has 4 aromatic heterocycles. The van der Waals surface area contributed by atoms with Crippen LogP contribution in [0.2, 0.25) is 0 Å². The maximum atomic E-state index is 13.2. The Hall–Kier alpha value is -8.04. The summed E-state index contributed by atoms with van der Waals surface area (Å²) in [6.07, 6.45) is 7.62. The Bertz CT molecular complexity index is 2890. The smallest absolute Gasteiger partial charge is 0.274 e. The van der Waals surface area contributed by atoms with Crippen LogP contribution in [0.25, 0.3) is 0 Å². The molecule has 386 valence electrons. The van der Waals surface area contributed by atoms with Gasteiger partial charge in [-0.2, -0.15) is 0 Å². The number of nitrogens with one attached hydrogen (secondary N) is 4. The number of ether oxygens (including phenoxy) is 1. The number of carbonyl (C=O) groups excluding carboxylic acids is 4. The van der Waals surface area contributed by atoms with Crippen LogP contribution in [0.4, 0.5) is 45.8 Å². The lowest BCUT2D eigenvalue weighted by Crippen LogP contribution is -2.43. The molecular weight excluding hydrogens is 939 g/mol. The van der Waals surface area contributed by atoms with Gasteiger partial charge in [0.15, 0.2) is 0 Å². The van der Waals surface area contributed by atoms with Gasteiger partial charge in [-0.25, -0.2) is 9.97 Å². The van der Waals surface area contributed by atoms with Crippen molar-refractivity contribution in [2.45, 2.75) is 6.54 Å². The molecule has 2 saturated heterocycles. The number of likely N-dealkylation sites (N-methyl/N-ethyl adjacent to an activating group) is 2. The van der Waals surface area contributed by atoms with Gasteiger partial charge in [-0.1, -0.05) is 30.3 Å². The molecule has 0 saturated carbocycles. The van der Waals surface area contributed by atoms with Crippen molar-refractivity contribution in [2.24, 2.45) is 0 Å². The Morgan fingerprint density at radius 2 is 1.26 bits per heavy atom. The number of hydrogen-bond acceptors (Lipinski definition) is 16. The van der Waals surface area contributed by atoms with Gasteiger partial charge in [0.1, 0.15) is 35.4 Å². The molecule has 3 aliphatic rings. The largest absolute Gasteiger partial charge is 0.492 e. The van der Waals surface area contributed by atoms with E-state index in [0.29, 0.717) is 54.0 Å². The van der Waals surface area contributed by atoms with Crippen LogP contribution in [0.15, 0.2) is 116 Å². The van der Waals surface area contributed by atoms with E-state index in [1.54, 1.807) is 71.0 Å². The summed E-state index contributed by atoms with van der Waals surface area (Å²) in [5, 5.41) is 12.6. The fourth-order valence-corrected chi connectivity index (χ4v) is 8.69. The van der Waals surface area contributed by atoms with Crippen molar-refractivity contribution >= 4 is 69.9 Å². The van der Waals surface area contributed by atoms with E-state index in [2.05, 4.69) is 51.0 Å². The number of piperazine rings is 2. The number of anilines is 8. The molecule has 2 aromatic carbocycles.